The molecule has 190 valence electrons. The lowest BCUT2D eigenvalue weighted by Gasteiger charge is -2.14. The minimum atomic E-state index is -0.424. The number of halogens is 1. The number of anilines is 1. The number of carbonyl (C=O) groups is 1. The van der Waals surface area contributed by atoms with Crippen molar-refractivity contribution in [1.29, 1.82) is 0 Å². The van der Waals surface area contributed by atoms with E-state index in [2.05, 4.69) is 15.3 Å². The fourth-order valence-electron chi connectivity index (χ4n) is 4.17. The summed E-state index contributed by atoms with van der Waals surface area (Å²) in [5, 5.41) is 3.74. The first kappa shape index (κ1) is 24.9. The molecule has 0 aliphatic rings. The SMILES string of the molecule is COc1cc2c(-c3ccc(NC(=O)C(C)c4ccc(F)cc4)cc3)ncnc2cc1OCc1ccccc1. The molecule has 6 nitrogen and oxygen atoms in total. The van der Waals surface area contributed by atoms with Gasteiger partial charge in [-0.15, -0.1) is 0 Å². The average Bonchev–Trinajstić information content (AvgIpc) is 2.96. The van der Waals surface area contributed by atoms with Gasteiger partial charge in [0.1, 0.15) is 18.8 Å². The number of nitrogens with zero attached hydrogens (tertiary/aromatic N) is 2. The Bertz CT molecular complexity index is 1560. The van der Waals surface area contributed by atoms with Gasteiger partial charge in [0.25, 0.3) is 0 Å². The Hall–Kier alpha value is -4.78. The first-order chi connectivity index (χ1) is 18.5. The third kappa shape index (κ3) is 5.47. The molecule has 0 aliphatic carbocycles. The fraction of sp³-hybridized carbons (Fsp3) is 0.129. The van der Waals surface area contributed by atoms with Gasteiger partial charge in [0.15, 0.2) is 11.5 Å². The number of aromatic nitrogens is 2. The summed E-state index contributed by atoms with van der Waals surface area (Å²) in [6, 6.07) is 27.0. The van der Waals surface area contributed by atoms with Crippen LogP contribution >= 0.6 is 0 Å². The molecule has 0 saturated heterocycles. The molecule has 0 saturated carbocycles. The summed E-state index contributed by atoms with van der Waals surface area (Å²) in [4.78, 5) is 21.7. The smallest absolute Gasteiger partial charge is 0.231 e. The lowest BCUT2D eigenvalue weighted by Crippen LogP contribution is -2.18. The van der Waals surface area contributed by atoms with Gasteiger partial charge in [-0.05, 0) is 48.4 Å². The number of amides is 1. The maximum atomic E-state index is 13.2. The minimum absolute atomic E-state index is 0.176. The Labute approximate surface area is 220 Å². The molecule has 0 spiro atoms. The van der Waals surface area contributed by atoms with Crippen molar-refractivity contribution in [2.75, 3.05) is 12.4 Å². The lowest BCUT2D eigenvalue weighted by atomic mass is 10.00. The second kappa shape index (κ2) is 11.1. The molecule has 1 aromatic heterocycles. The van der Waals surface area contributed by atoms with Crippen molar-refractivity contribution in [2.24, 2.45) is 0 Å². The third-order valence-electron chi connectivity index (χ3n) is 6.35. The van der Waals surface area contributed by atoms with Gasteiger partial charge in [0.2, 0.25) is 5.91 Å². The summed E-state index contributed by atoms with van der Waals surface area (Å²) in [5.74, 6) is 0.254. The molecule has 5 rings (SSSR count). The van der Waals surface area contributed by atoms with Gasteiger partial charge in [-0.3, -0.25) is 4.79 Å². The summed E-state index contributed by atoms with van der Waals surface area (Å²) >= 11 is 0. The van der Waals surface area contributed by atoms with Crippen molar-refractivity contribution in [3.05, 3.63) is 114 Å². The van der Waals surface area contributed by atoms with Gasteiger partial charge < -0.3 is 14.8 Å². The maximum Gasteiger partial charge on any atom is 0.231 e. The second-order valence-corrected chi connectivity index (χ2v) is 8.86. The van der Waals surface area contributed by atoms with E-state index in [0.29, 0.717) is 23.8 Å². The molecule has 1 N–H and O–H groups in total. The second-order valence-electron chi connectivity index (χ2n) is 8.86. The largest absolute Gasteiger partial charge is 0.493 e. The highest BCUT2D eigenvalue weighted by molar-refractivity contribution is 5.97. The van der Waals surface area contributed by atoms with Crippen molar-refractivity contribution in [3.8, 4) is 22.8 Å². The highest BCUT2D eigenvalue weighted by atomic mass is 19.1. The van der Waals surface area contributed by atoms with Crippen LogP contribution in [0.2, 0.25) is 0 Å². The molecule has 4 aromatic carbocycles. The van der Waals surface area contributed by atoms with Crippen LogP contribution < -0.4 is 14.8 Å². The monoisotopic (exact) mass is 507 g/mol. The molecule has 0 fully saturated rings. The molecule has 0 aliphatic heterocycles. The van der Waals surface area contributed by atoms with Crippen LogP contribution in [0.1, 0.15) is 24.0 Å². The van der Waals surface area contributed by atoms with Crippen molar-refractivity contribution in [1.82, 2.24) is 9.97 Å². The van der Waals surface area contributed by atoms with Crippen LogP contribution in [0.25, 0.3) is 22.2 Å². The molecular formula is C31H26FN3O3. The Morgan fingerprint density at radius 3 is 2.37 bits per heavy atom. The molecule has 1 unspecified atom stereocenters. The highest BCUT2D eigenvalue weighted by Crippen LogP contribution is 2.36. The van der Waals surface area contributed by atoms with Crippen molar-refractivity contribution in [2.45, 2.75) is 19.4 Å². The van der Waals surface area contributed by atoms with Crippen LogP contribution in [0.3, 0.4) is 0 Å². The van der Waals surface area contributed by atoms with Crippen LogP contribution in [0.15, 0.2) is 97.3 Å². The Balaban J connectivity index is 1.36. The fourth-order valence-corrected chi connectivity index (χ4v) is 4.17. The lowest BCUT2D eigenvalue weighted by molar-refractivity contribution is -0.117. The summed E-state index contributed by atoms with van der Waals surface area (Å²) in [6.45, 7) is 2.20. The standard InChI is InChI=1S/C31H26FN3O3/c1-20(22-8-12-24(32)13-9-22)31(36)35-25-14-10-23(11-15-25)30-26-16-28(37-2)29(17-27(26)33-19-34-30)38-18-21-6-4-3-5-7-21/h3-17,19-20H,18H2,1-2H3,(H,35,36). The van der Waals surface area contributed by atoms with Gasteiger partial charge in [0.05, 0.1) is 24.2 Å². The van der Waals surface area contributed by atoms with Crippen LogP contribution in [0.4, 0.5) is 10.1 Å². The van der Waals surface area contributed by atoms with Crippen LogP contribution in [-0.4, -0.2) is 23.0 Å². The van der Waals surface area contributed by atoms with E-state index in [4.69, 9.17) is 9.47 Å². The van der Waals surface area contributed by atoms with Gasteiger partial charge in [0, 0.05) is 22.7 Å². The molecule has 0 bridgehead atoms. The zero-order valence-electron chi connectivity index (χ0n) is 21.0. The molecule has 0 radical (unpaired) electrons. The Morgan fingerprint density at radius 2 is 1.66 bits per heavy atom. The molecule has 1 amide bonds. The van der Waals surface area contributed by atoms with Gasteiger partial charge in [-0.1, -0.05) is 54.6 Å². The molecular weight excluding hydrogens is 481 g/mol. The van der Waals surface area contributed by atoms with Crippen molar-refractivity contribution >= 4 is 22.5 Å². The quantitative estimate of drug-likeness (QED) is 0.251. The molecule has 1 heterocycles. The van der Waals surface area contributed by atoms with E-state index in [-0.39, 0.29) is 11.7 Å². The first-order valence-electron chi connectivity index (χ1n) is 12.2. The van der Waals surface area contributed by atoms with E-state index in [9.17, 15) is 9.18 Å². The Kier molecular flexibility index (Phi) is 7.26. The number of carbonyl (C=O) groups excluding carboxylic acids is 1. The van der Waals surface area contributed by atoms with E-state index < -0.39 is 5.92 Å². The van der Waals surface area contributed by atoms with Gasteiger partial charge in [-0.2, -0.15) is 0 Å². The molecule has 38 heavy (non-hydrogen) atoms. The summed E-state index contributed by atoms with van der Waals surface area (Å²) < 4.78 is 24.9. The normalized spacial score (nSPS) is 11.7. The number of nitrogens with one attached hydrogen (secondary N) is 1. The number of methoxy groups -OCH3 is 1. The molecule has 7 heteroatoms. The van der Waals surface area contributed by atoms with E-state index in [0.717, 1.165) is 33.3 Å². The third-order valence-corrected chi connectivity index (χ3v) is 6.35. The minimum Gasteiger partial charge on any atom is -0.493 e. The average molecular weight is 508 g/mol. The number of rotatable bonds is 8. The van der Waals surface area contributed by atoms with Crippen LogP contribution in [0, 0.1) is 5.82 Å². The summed E-state index contributed by atoms with van der Waals surface area (Å²) in [7, 11) is 1.60. The van der Waals surface area contributed by atoms with Crippen molar-refractivity contribution < 1.29 is 18.7 Å². The van der Waals surface area contributed by atoms with E-state index >= 15 is 0 Å². The van der Waals surface area contributed by atoms with Gasteiger partial charge >= 0.3 is 0 Å². The zero-order chi connectivity index (χ0) is 26.5. The first-order valence-corrected chi connectivity index (χ1v) is 12.2. The van der Waals surface area contributed by atoms with E-state index in [1.807, 2.05) is 66.7 Å². The number of hydrogen-bond donors (Lipinski definition) is 1. The molecule has 5 aromatic rings. The summed E-state index contributed by atoms with van der Waals surface area (Å²) in [6.07, 6.45) is 1.52. The number of hydrogen-bond acceptors (Lipinski definition) is 5. The highest BCUT2D eigenvalue weighted by Gasteiger charge is 2.16. The molecule has 1 atom stereocenters. The number of ether oxygens (including phenoxy) is 2. The Morgan fingerprint density at radius 1 is 0.921 bits per heavy atom. The zero-order valence-corrected chi connectivity index (χ0v) is 21.0. The van der Waals surface area contributed by atoms with E-state index in [1.165, 1.54) is 18.5 Å². The van der Waals surface area contributed by atoms with E-state index in [1.54, 1.807) is 26.2 Å². The number of fused-ring (bicyclic) bond motifs is 1. The predicted octanol–water partition coefficient (Wildman–Crippen LogP) is 6.77. The number of benzene rings is 4. The van der Waals surface area contributed by atoms with Crippen LogP contribution in [0.5, 0.6) is 11.5 Å². The van der Waals surface area contributed by atoms with Crippen LogP contribution in [-0.2, 0) is 11.4 Å². The van der Waals surface area contributed by atoms with Crippen molar-refractivity contribution in [3.63, 3.8) is 0 Å². The summed E-state index contributed by atoms with van der Waals surface area (Å²) in [5.41, 5.74) is 4.78. The van der Waals surface area contributed by atoms with Gasteiger partial charge in [-0.25, -0.2) is 14.4 Å². The topological polar surface area (TPSA) is 73.3 Å². The predicted molar refractivity (Wildman–Crippen MR) is 146 cm³/mol. The maximum absolute atomic E-state index is 13.2.